The van der Waals surface area contributed by atoms with Crippen molar-refractivity contribution in [2.45, 2.75) is 18.9 Å². The van der Waals surface area contributed by atoms with E-state index in [0.717, 1.165) is 38.4 Å². The van der Waals surface area contributed by atoms with Crippen molar-refractivity contribution in [3.05, 3.63) is 53.4 Å². The molecule has 0 saturated carbocycles. The van der Waals surface area contributed by atoms with Crippen molar-refractivity contribution in [3.63, 3.8) is 0 Å². The maximum atomic E-state index is 13.0. The molecule has 2 aromatic carbocycles. The summed E-state index contributed by atoms with van der Waals surface area (Å²) in [5.41, 5.74) is 2.17. The number of carbonyl (C=O) groups is 1. The van der Waals surface area contributed by atoms with E-state index < -0.39 is 0 Å². The largest absolute Gasteiger partial charge is 0.496 e. The van der Waals surface area contributed by atoms with Crippen molar-refractivity contribution in [3.8, 4) is 16.9 Å². The summed E-state index contributed by atoms with van der Waals surface area (Å²) >= 11 is 1.57. The molecule has 3 fully saturated rings. The molecule has 2 bridgehead atoms. The van der Waals surface area contributed by atoms with Crippen molar-refractivity contribution >= 4 is 39.7 Å². The number of halogens is 1. The molecule has 29 heavy (non-hydrogen) atoms. The van der Waals surface area contributed by atoms with Gasteiger partial charge in [0.2, 0.25) is 0 Å². The first-order valence-electron chi connectivity index (χ1n) is 9.92. The van der Waals surface area contributed by atoms with Gasteiger partial charge >= 0.3 is 0 Å². The molecule has 4 heterocycles. The Morgan fingerprint density at radius 2 is 1.86 bits per heavy atom. The molecule has 1 N–H and O–H groups in total. The molecule has 1 amide bonds. The lowest BCUT2D eigenvalue weighted by molar-refractivity contribution is 0.0622. The fourth-order valence-corrected chi connectivity index (χ4v) is 5.71. The Morgan fingerprint density at radius 1 is 1.10 bits per heavy atom. The second kappa shape index (κ2) is 8.34. The zero-order chi connectivity index (χ0) is 19.1. The van der Waals surface area contributed by atoms with E-state index in [9.17, 15) is 4.79 Å². The van der Waals surface area contributed by atoms with Gasteiger partial charge in [0.1, 0.15) is 5.75 Å². The van der Waals surface area contributed by atoms with E-state index in [4.69, 9.17) is 4.74 Å². The van der Waals surface area contributed by atoms with Crippen molar-refractivity contribution in [1.82, 2.24) is 10.2 Å². The number of carbonyl (C=O) groups excluding carboxylic acids is 1. The normalized spacial score (nSPS) is 22.9. The van der Waals surface area contributed by atoms with Crippen LogP contribution in [0, 0.1) is 5.92 Å². The molecule has 1 atom stereocenters. The van der Waals surface area contributed by atoms with Crippen LogP contribution in [0.3, 0.4) is 0 Å². The molecular weight excluding hydrogens is 404 g/mol. The number of methoxy groups -OCH3 is 1. The van der Waals surface area contributed by atoms with E-state index in [1.807, 2.05) is 30.3 Å². The van der Waals surface area contributed by atoms with Crippen LogP contribution in [0.2, 0.25) is 0 Å². The number of nitrogens with one attached hydrogen (secondary N) is 1. The molecule has 3 aliphatic heterocycles. The molecule has 1 aromatic heterocycles. The molecule has 3 aromatic rings. The van der Waals surface area contributed by atoms with Crippen molar-refractivity contribution < 1.29 is 9.53 Å². The van der Waals surface area contributed by atoms with Crippen LogP contribution in [0.4, 0.5) is 0 Å². The minimum Gasteiger partial charge on any atom is -0.496 e. The minimum absolute atomic E-state index is 0. The van der Waals surface area contributed by atoms with E-state index in [1.54, 1.807) is 18.4 Å². The highest BCUT2D eigenvalue weighted by molar-refractivity contribution is 7.21. The molecule has 4 nitrogen and oxygen atoms in total. The van der Waals surface area contributed by atoms with Gasteiger partial charge in [0.05, 0.1) is 12.0 Å². The van der Waals surface area contributed by atoms with Gasteiger partial charge in [0.25, 0.3) is 5.91 Å². The summed E-state index contributed by atoms with van der Waals surface area (Å²) in [5.74, 6) is 1.54. The van der Waals surface area contributed by atoms with Gasteiger partial charge in [-0.25, -0.2) is 0 Å². The van der Waals surface area contributed by atoms with Crippen LogP contribution >= 0.6 is 23.7 Å². The maximum absolute atomic E-state index is 13.0. The highest BCUT2D eigenvalue weighted by Crippen LogP contribution is 2.39. The molecule has 0 unspecified atom stereocenters. The van der Waals surface area contributed by atoms with Crippen LogP contribution < -0.4 is 10.1 Å². The molecule has 0 spiro atoms. The van der Waals surface area contributed by atoms with E-state index in [0.29, 0.717) is 5.92 Å². The Morgan fingerprint density at radius 3 is 2.59 bits per heavy atom. The van der Waals surface area contributed by atoms with Gasteiger partial charge < -0.3 is 15.0 Å². The molecule has 152 valence electrons. The Balaban J connectivity index is 0.00000205. The molecule has 3 aliphatic rings. The first kappa shape index (κ1) is 20.2. The molecule has 0 aliphatic carbocycles. The van der Waals surface area contributed by atoms with E-state index in [1.165, 1.54) is 25.9 Å². The number of fused-ring (bicyclic) bond motifs is 4. The quantitative estimate of drug-likeness (QED) is 0.647. The monoisotopic (exact) mass is 428 g/mol. The van der Waals surface area contributed by atoms with E-state index in [2.05, 4.69) is 28.4 Å². The highest BCUT2D eigenvalue weighted by Gasteiger charge is 2.35. The zero-order valence-corrected chi connectivity index (χ0v) is 18.0. The third kappa shape index (κ3) is 3.75. The van der Waals surface area contributed by atoms with Crippen LogP contribution in [-0.4, -0.2) is 43.6 Å². The number of thiophene rings is 1. The summed E-state index contributed by atoms with van der Waals surface area (Å²) in [6.45, 7) is 3.36. The topological polar surface area (TPSA) is 41.6 Å². The van der Waals surface area contributed by atoms with Crippen LogP contribution in [0.25, 0.3) is 21.2 Å². The Kier molecular flexibility index (Phi) is 5.81. The Labute approximate surface area is 181 Å². The number of rotatable bonds is 4. The molecule has 0 radical (unpaired) electrons. The number of ether oxygens (including phenoxy) is 1. The average molecular weight is 429 g/mol. The lowest BCUT2D eigenvalue weighted by atomic mass is 9.84. The number of benzene rings is 2. The van der Waals surface area contributed by atoms with Gasteiger partial charge in [0.15, 0.2) is 0 Å². The van der Waals surface area contributed by atoms with Crippen molar-refractivity contribution in [1.29, 1.82) is 0 Å². The summed E-state index contributed by atoms with van der Waals surface area (Å²) in [7, 11) is 1.69. The molecule has 6 rings (SSSR count). The van der Waals surface area contributed by atoms with Gasteiger partial charge in [-0.1, -0.05) is 36.4 Å². The van der Waals surface area contributed by atoms with E-state index in [-0.39, 0.29) is 24.4 Å². The van der Waals surface area contributed by atoms with Crippen molar-refractivity contribution in [2.24, 2.45) is 5.92 Å². The Hall–Kier alpha value is -2.08. The minimum atomic E-state index is 0. The number of hydrogen-bond acceptors (Lipinski definition) is 4. The highest BCUT2D eigenvalue weighted by atomic mass is 35.5. The summed E-state index contributed by atoms with van der Waals surface area (Å²) in [4.78, 5) is 16.2. The van der Waals surface area contributed by atoms with Gasteiger partial charge in [-0.2, -0.15) is 0 Å². The first-order valence-corrected chi connectivity index (χ1v) is 10.7. The van der Waals surface area contributed by atoms with Crippen molar-refractivity contribution in [2.75, 3.05) is 26.7 Å². The van der Waals surface area contributed by atoms with Crippen LogP contribution in [0.15, 0.2) is 48.5 Å². The molecule has 3 saturated heterocycles. The predicted molar refractivity (Wildman–Crippen MR) is 121 cm³/mol. The predicted octanol–water partition coefficient (Wildman–Crippen LogP) is 4.82. The van der Waals surface area contributed by atoms with Gasteiger partial charge in [0, 0.05) is 28.4 Å². The number of piperidine rings is 3. The van der Waals surface area contributed by atoms with Crippen LogP contribution in [-0.2, 0) is 0 Å². The molecule has 6 heteroatoms. The lowest BCUT2D eigenvalue weighted by Crippen LogP contribution is -2.57. The van der Waals surface area contributed by atoms with Crippen LogP contribution in [0.1, 0.15) is 22.5 Å². The number of amides is 1. The fourth-order valence-electron chi connectivity index (χ4n) is 4.62. The average Bonchev–Trinajstić information content (AvgIpc) is 3.19. The Bertz CT molecular complexity index is 1030. The van der Waals surface area contributed by atoms with E-state index >= 15 is 0 Å². The maximum Gasteiger partial charge on any atom is 0.261 e. The zero-order valence-electron chi connectivity index (χ0n) is 16.4. The first-order chi connectivity index (χ1) is 13.7. The summed E-state index contributed by atoms with van der Waals surface area (Å²) < 4.78 is 6.68. The van der Waals surface area contributed by atoms with Gasteiger partial charge in [-0.3, -0.25) is 4.79 Å². The summed E-state index contributed by atoms with van der Waals surface area (Å²) in [6, 6.07) is 16.6. The number of para-hydroxylation sites is 1. The second-order valence-corrected chi connectivity index (χ2v) is 8.81. The summed E-state index contributed by atoms with van der Waals surface area (Å²) in [5, 5.41) is 4.42. The SMILES string of the molecule is COc1ccccc1-c1cccc2cc(C(=O)N[C@H]3CN4CCC3CC4)sc12.Cl. The number of hydrogen-bond donors (Lipinski definition) is 1. The molecular formula is C23H25ClN2O2S. The third-order valence-electron chi connectivity index (χ3n) is 6.14. The fraction of sp³-hybridized carbons (Fsp3) is 0.348. The number of nitrogens with zero attached hydrogens (tertiary/aromatic N) is 1. The smallest absolute Gasteiger partial charge is 0.261 e. The van der Waals surface area contributed by atoms with Gasteiger partial charge in [-0.05, 0) is 49.4 Å². The second-order valence-electron chi connectivity index (χ2n) is 7.75. The summed E-state index contributed by atoms with van der Waals surface area (Å²) in [6.07, 6.45) is 2.41. The third-order valence-corrected chi connectivity index (χ3v) is 7.32. The van der Waals surface area contributed by atoms with Gasteiger partial charge in [-0.15, -0.1) is 23.7 Å². The van der Waals surface area contributed by atoms with Crippen LogP contribution in [0.5, 0.6) is 5.75 Å². The lowest BCUT2D eigenvalue weighted by Gasteiger charge is -2.44. The standard InChI is InChI=1S/C23H24N2O2S.ClH/c1-27-20-8-3-2-6-17(20)18-7-4-5-16-13-21(28-22(16)18)23(26)24-19-14-25-11-9-15(19)10-12-25;/h2-8,13,15,19H,9-12,14H2,1H3,(H,24,26);1H/t19-;/m0./s1.